The smallest absolute Gasteiger partial charge is 0.334 e. The molecule has 3 N–H and O–H groups in total. The molecular weight excluding hydrogens is 304 g/mol. The fourth-order valence-corrected chi connectivity index (χ4v) is 1.06. The number of thiol groups is 4. The van der Waals surface area contributed by atoms with Crippen LogP contribution in [0.2, 0.25) is 0 Å². The first-order chi connectivity index (χ1) is 7.75. The third-order valence-electron chi connectivity index (χ3n) is 2.18. The third-order valence-corrected chi connectivity index (χ3v) is 4.65. The maximum absolute atomic E-state index is 11.6. The van der Waals surface area contributed by atoms with Gasteiger partial charge in [-0.25, -0.2) is 4.79 Å². The zero-order valence-corrected chi connectivity index (χ0v) is 12.4. The molecule has 0 heterocycles. The lowest BCUT2D eigenvalue weighted by Crippen LogP contribution is -2.43. The summed E-state index contributed by atoms with van der Waals surface area (Å²) in [7, 11) is 0. The van der Waals surface area contributed by atoms with E-state index >= 15 is 0 Å². The topological polar surface area (TPSA) is 87.0 Å². The minimum Gasteiger partial charge on any atom is -0.463 e. The molecular formula is C8H16O5S4. The molecule has 0 rings (SSSR count). The van der Waals surface area contributed by atoms with Crippen LogP contribution < -0.4 is 0 Å². The number of carbonyl (C=O) groups excluding carboxylic acids is 1. The first kappa shape index (κ1) is 17.8. The van der Waals surface area contributed by atoms with Gasteiger partial charge >= 0.3 is 5.97 Å². The van der Waals surface area contributed by atoms with Gasteiger partial charge in [0.25, 0.3) is 0 Å². The SMILES string of the molecule is O=C(OCC(CO)(CO)CO)C(S)(S)C(S)S. The monoisotopic (exact) mass is 320 g/mol. The zero-order chi connectivity index (χ0) is 13.7. The lowest BCUT2D eigenvalue weighted by molar-refractivity contribution is -0.151. The maximum atomic E-state index is 11.6. The van der Waals surface area contributed by atoms with Gasteiger partial charge in [0.15, 0.2) is 4.08 Å². The van der Waals surface area contributed by atoms with Gasteiger partial charge < -0.3 is 20.1 Å². The number of aliphatic hydroxyl groups is 3. The van der Waals surface area contributed by atoms with Crippen molar-refractivity contribution in [2.75, 3.05) is 26.4 Å². The highest BCUT2D eigenvalue weighted by molar-refractivity contribution is 8.08. The molecule has 0 aliphatic heterocycles. The number of hydrogen-bond acceptors (Lipinski definition) is 9. The molecule has 0 spiro atoms. The Balaban J connectivity index is 4.52. The quantitative estimate of drug-likeness (QED) is 0.190. The van der Waals surface area contributed by atoms with Crippen molar-refractivity contribution in [1.82, 2.24) is 0 Å². The van der Waals surface area contributed by atoms with E-state index in [-0.39, 0.29) is 6.61 Å². The minimum absolute atomic E-state index is 0.355. The fraction of sp³-hybridized carbons (Fsp3) is 0.875. The van der Waals surface area contributed by atoms with E-state index in [9.17, 15) is 4.79 Å². The van der Waals surface area contributed by atoms with Crippen molar-refractivity contribution in [3.63, 3.8) is 0 Å². The number of esters is 1. The van der Waals surface area contributed by atoms with Gasteiger partial charge in [0.1, 0.15) is 6.61 Å². The highest BCUT2D eigenvalue weighted by Gasteiger charge is 2.39. The predicted molar refractivity (Wildman–Crippen MR) is 77.1 cm³/mol. The number of ether oxygens (including phenoxy) is 1. The van der Waals surface area contributed by atoms with Gasteiger partial charge in [-0.3, -0.25) is 0 Å². The van der Waals surface area contributed by atoms with Crippen molar-refractivity contribution in [2.24, 2.45) is 5.41 Å². The molecule has 0 unspecified atom stereocenters. The molecule has 9 heteroatoms. The van der Waals surface area contributed by atoms with Gasteiger partial charge in [-0.05, 0) is 0 Å². The Morgan fingerprint density at radius 3 is 1.82 bits per heavy atom. The molecule has 0 radical (unpaired) electrons. The van der Waals surface area contributed by atoms with Crippen molar-refractivity contribution in [1.29, 1.82) is 0 Å². The number of hydrogen-bond donors (Lipinski definition) is 7. The summed E-state index contributed by atoms with van der Waals surface area (Å²) in [5.41, 5.74) is -1.28. The number of rotatable bonds is 7. The lowest BCUT2D eigenvalue weighted by Gasteiger charge is -2.29. The van der Waals surface area contributed by atoms with E-state index in [1.54, 1.807) is 0 Å². The Hall–Kier alpha value is 0.750. The van der Waals surface area contributed by atoms with Crippen LogP contribution in [0.5, 0.6) is 0 Å². The van der Waals surface area contributed by atoms with Crippen molar-refractivity contribution in [3.05, 3.63) is 0 Å². The number of carbonyl (C=O) groups is 1. The van der Waals surface area contributed by atoms with E-state index in [1.807, 2.05) is 0 Å². The zero-order valence-electron chi connectivity index (χ0n) is 8.85. The van der Waals surface area contributed by atoms with Crippen LogP contribution in [0.4, 0.5) is 0 Å². The first-order valence-corrected chi connectivity index (χ1v) is 6.49. The molecule has 0 atom stereocenters. The molecule has 0 fully saturated rings. The van der Waals surface area contributed by atoms with Crippen molar-refractivity contribution >= 4 is 56.5 Å². The van der Waals surface area contributed by atoms with Gasteiger partial charge in [-0.15, -0.1) is 25.3 Å². The molecule has 0 saturated heterocycles. The van der Waals surface area contributed by atoms with Crippen LogP contribution in [0.25, 0.3) is 0 Å². The molecule has 17 heavy (non-hydrogen) atoms. The number of aliphatic hydroxyl groups excluding tert-OH is 3. The van der Waals surface area contributed by atoms with Crippen LogP contribution in [0.1, 0.15) is 0 Å². The van der Waals surface area contributed by atoms with E-state index in [1.165, 1.54) is 0 Å². The summed E-state index contributed by atoms with van der Waals surface area (Å²) in [5.74, 6) is -0.820. The summed E-state index contributed by atoms with van der Waals surface area (Å²) in [6, 6.07) is 0. The second-order valence-electron chi connectivity index (χ2n) is 3.65. The summed E-state index contributed by atoms with van der Waals surface area (Å²) < 4.78 is 2.55. The summed E-state index contributed by atoms with van der Waals surface area (Å²) in [6.07, 6.45) is 0. The van der Waals surface area contributed by atoms with E-state index in [2.05, 4.69) is 50.5 Å². The Labute approximate surface area is 122 Å². The molecule has 0 aromatic carbocycles. The van der Waals surface area contributed by atoms with Crippen LogP contribution in [-0.4, -0.2) is 56.4 Å². The van der Waals surface area contributed by atoms with Crippen molar-refractivity contribution in [2.45, 2.75) is 8.66 Å². The molecule has 0 aromatic heterocycles. The largest absolute Gasteiger partial charge is 0.463 e. The van der Waals surface area contributed by atoms with Gasteiger partial charge in [-0.2, -0.15) is 25.3 Å². The molecule has 0 aliphatic rings. The van der Waals surface area contributed by atoms with E-state index < -0.39 is 39.9 Å². The normalized spacial score (nSPS) is 12.9. The van der Waals surface area contributed by atoms with Gasteiger partial charge in [0.05, 0.1) is 29.8 Å². The lowest BCUT2D eigenvalue weighted by atomic mass is 9.93. The molecule has 102 valence electrons. The average molecular weight is 320 g/mol. The van der Waals surface area contributed by atoms with Gasteiger partial charge in [-0.1, -0.05) is 0 Å². The highest BCUT2D eigenvalue weighted by atomic mass is 32.2. The van der Waals surface area contributed by atoms with Crippen molar-refractivity contribution < 1.29 is 24.9 Å². The van der Waals surface area contributed by atoms with E-state index in [0.717, 1.165) is 0 Å². The second-order valence-corrected chi connectivity index (χ2v) is 6.85. The van der Waals surface area contributed by atoms with Crippen LogP contribution >= 0.6 is 50.5 Å². The summed E-state index contributed by atoms with van der Waals surface area (Å²) in [5, 5.41) is 27.1. The van der Waals surface area contributed by atoms with Crippen LogP contribution in [0, 0.1) is 5.41 Å². The third kappa shape index (κ3) is 4.73. The van der Waals surface area contributed by atoms with Crippen LogP contribution in [-0.2, 0) is 9.53 Å². The molecule has 0 amide bonds. The van der Waals surface area contributed by atoms with Crippen molar-refractivity contribution in [3.8, 4) is 0 Å². The maximum Gasteiger partial charge on any atom is 0.334 e. The molecule has 5 nitrogen and oxygen atoms in total. The summed E-state index contributed by atoms with van der Waals surface area (Å²) in [4.78, 5) is 11.6. The first-order valence-electron chi connectivity index (χ1n) is 4.56. The Bertz CT molecular complexity index is 246. The fourth-order valence-electron chi connectivity index (χ4n) is 0.717. The second kappa shape index (κ2) is 7.37. The highest BCUT2D eigenvalue weighted by Crippen LogP contribution is 2.32. The molecule has 0 aliphatic carbocycles. The van der Waals surface area contributed by atoms with Crippen LogP contribution in [0.3, 0.4) is 0 Å². The van der Waals surface area contributed by atoms with E-state index in [4.69, 9.17) is 20.1 Å². The molecule has 0 saturated carbocycles. The summed E-state index contributed by atoms with van der Waals surface area (Å²) >= 11 is 15.7. The predicted octanol–water partition coefficient (Wildman–Crippen LogP) is -0.765. The van der Waals surface area contributed by atoms with Gasteiger partial charge in [0.2, 0.25) is 0 Å². The summed E-state index contributed by atoms with van der Waals surface area (Å²) in [6.45, 7) is -1.92. The van der Waals surface area contributed by atoms with Crippen LogP contribution in [0.15, 0.2) is 0 Å². The molecule has 0 aromatic rings. The Morgan fingerprint density at radius 1 is 1.12 bits per heavy atom. The molecule has 0 bridgehead atoms. The minimum atomic E-state index is -1.52. The Morgan fingerprint density at radius 2 is 1.53 bits per heavy atom. The van der Waals surface area contributed by atoms with E-state index in [0.29, 0.717) is 0 Å². The van der Waals surface area contributed by atoms with Gasteiger partial charge in [0, 0.05) is 0 Å². The Kier molecular flexibility index (Phi) is 7.69. The standard InChI is InChI=1S/C8H16O5S4/c9-1-7(2-10,3-11)4-13-5(12)8(16,17)6(14)15/h6,9-11,14-17H,1-4H2. The average Bonchev–Trinajstić information content (AvgIpc) is 2.31.